The number of carboxylic acid groups (broad SMARTS) is 2. The number of phenols is 1. The number of amides is 2. The summed E-state index contributed by atoms with van der Waals surface area (Å²) in [6, 6.07) is 10.7. The van der Waals surface area contributed by atoms with E-state index in [-0.39, 0.29) is 47.7 Å². The number of nitrogens with one attached hydrogen (secondary N) is 4. The lowest BCUT2D eigenvalue weighted by molar-refractivity contribution is -0.407. The Hall–Kier alpha value is -6.17. The van der Waals surface area contributed by atoms with Gasteiger partial charge in [0, 0.05) is 37.2 Å². The number of aromatic nitrogens is 2. The van der Waals surface area contributed by atoms with Crippen LogP contribution in [0.25, 0.3) is 0 Å². The highest BCUT2D eigenvalue weighted by Gasteiger charge is 2.30. The summed E-state index contributed by atoms with van der Waals surface area (Å²) in [6.07, 6.45) is 0.426. The first-order valence-electron chi connectivity index (χ1n) is 15.1. The van der Waals surface area contributed by atoms with Crippen molar-refractivity contribution in [1.82, 2.24) is 15.3 Å². The Labute approximate surface area is 279 Å². The fourth-order valence-electron chi connectivity index (χ4n) is 4.65. The first kappa shape index (κ1) is 37.3. The average molecular weight is 684 g/mol. The normalized spacial score (nSPS) is 14.4. The Morgan fingerprint density at radius 2 is 1.82 bits per heavy atom. The Balaban J connectivity index is 0.000000362. The largest absolute Gasteiger partial charge is 0.508 e. The van der Waals surface area contributed by atoms with E-state index in [1.165, 1.54) is 17.0 Å². The summed E-state index contributed by atoms with van der Waals surface area (Å²) >= 11 is 0. The molecule has 2 aromatic carbocycles. The number of ether oxygens (including phenoxy) is 1. The number of H-pyrrole nitrogens is 1. The van der Waals surface area contributed by atoms with Crippen molar-refractivity contribution in [3.8, 4) is 5.75 Å². The molecule has 1 aliphatic heterocycles. The lowest BCUT2D eigenvalue weighted by Crippen LogP contribution is -2.66. The van der Waals surface area contributed by atoms with Crippen LogP contribution in [0.3, 0.4) is 0 Å². The molecular weight excluding hydrogens is 644 g/mol. The molecule has 3 aromatic rings. The van der Waals surface area contributed by atoms with Gasteiger partial charge in [-0.3, -0.25) is 24.2 Å². The number of aliphatic carboxylic acids is 2. The number of carbonyl (C=O) groups is 5. The molecule has 0 radical (unpaired) electrons. The van der Waals surface area contributed by atoms with Crippen molar-refractivity contribution in [2.45, 2.75) is 44.3 Å². The number of hydrogen-bond donors (Lipinski definition) is 9. The highest BCUT2D eigenvalue weighted by Crippen LogP contribution is 2.25. The summed E-state index contributed by atoms with van der Waals surface area (Å²) in [5.74, 6) is -3.07. The molecule has 4 rings (SSSR count). The molecule has 18 heteroatoms. The molecule has 2 unspecified atom stereocenters. The van der Waals surface area contributed by atoms with Gasteiger partial charge in [-0.25, -0.2) is 9.59 Å². The maximum Gasteiger partial charge on any atom is 0.365 e. The minimum Gasteiger partial charge on any atom is -0.508 e. The molecule has 49 heavy (non-hydrogen) atoms. The van der Waals surface area contributed by atoms with Gasteiger partial charge in [0.25, 0.3) is 11.5 Å². The second kappa shape index (κ2) is 17.7. The monoisotopic (exact) mass is 683 g/mol. The number of nitrogen functional groups attached to an aromatic ring is 1. The van der Waals surface area contributed by atoms with Crippen molar-refractivity contribution in [3.05, 3.63) is 70.0 Å². The van der Waals surface area contributed by atoms with Crippen LogP contribution in [0.4, 0.5) is 23.1 Å². The molecule has 262 valence electrons. The molecule has 12 N–H and O–H groups in total. The van der Waals surface area contributed by atoms with Crippen molar-refractivity contribution in [1.29, 1.82) is 0 Å². The van der Waals surface area contributed by atoms with Gasteiger partial charge in [0.15, 0.2) is 17.5 Å². The third-order valence-corrected chi connectivity index (χ3v) is 7.16. The zero-order chi connectivity index (χ0) is 36.1. The molecule has 2 amide bonds. The van der Waals surface area contributed by atoms with Crippen LogP contribution in [0.15, 0.2) is 53.3 Å². The fourth-order valence-corrected chi connectivity index (χ4v) is 4.65. The van der Waals surface area contributed by atoms with Gasteiger partial charge in [0.05, 0.1) is 12.6 Å². The molecule has 1 aliphatic rings. The first-order chi connectivity index (χ1) is 23.3. The summed E-state index contributed by atoms with van der Waals surface area (Å²) in [6.45, 7) is 2.71. The summed E-state index contributed by atoms with van der Waals surface area (Å²) in [5.41, 5.74) is 10.5. The summed E-state index contributed by atoms with van der Waals surface area (Å²) in [7, 11) is 0. The smallest absolute Gasteiger partial charge is 0.365 e. The van der Waals surface area contributed by atoms with Crippen molar-refractivity contribution >= 4 is 53.4 Å². The Morgan fingerprint density at radius 3 is 2.41 bits per heavy atom. The van der Waals surface area contributed by atoms with E-state index in [4.69, 9.17) is 20.7 Å². The number of hydrogen-bond acceptors (Lipinski definition) is 12. The maximum absolute atomic E-state index is 12.3. The highest BCUT2D eigenvalue weighted by molar-refractivity contribution is 5.97. The molecule has 18 nitrogen and oxygen atoms in total. The highest BCUT2D eigenvalue weighted by atomic mass is 16.5. The number of carbonyl (C=O) groups excluding carboxylic acids is 3. The van der Waals surface area contributed by atoms with Gasteiger partial charge < -0.3 is 52.4 Å². The zero-order valence-corrected chi connectivity index (χ0v) is 26.5. The fraction of sp³-hybridized carbons (Fsp3) is 0.323. The second-order valence-corrected chi connectivity index (χ2v) is 10.8. The Kier molecular flexibility index (Phi) is 13.4. The van der Waals surface area contributed by atoms with E-state index in [0.717, 1.165) is 5.56 Å². The molecule has 0 spiro atoms. The van der Waals surface area contributed by atoms with Crippen LogP contribution >= 0.6 is 0 Å². The van der Waals surface area contributed by atoms with Crippen LogP contribution in [-0.2, 0) is 30.3 Å². The van der Waals surface area contributed by atoms with E-state index in [9.17, 15) is 33.9 Å². The molecule has 0 fully saturated rings. The number of esters is 1. The van der Waals surface area contributed by atoms with E-state index in [1.54, 1.807) is 43.3 Å². The maximum atomic E-state index is 12.3. The molecular formula is C31H39N8O10+. The summed E-state index contributed by atoms with van der Waals surface area (Å²) in [4.78, 5) is 77.0. The summed E-state index contributed by atoms with van der Waals surface area (Å²) < 4.78 is 4.85. The van der Waals surface area contributed by atoms with Crippen LogP contribution in [0.5, 0.6) is 5.75 Å². The molecule has 3 atom stereocenters. The second-order valence-electron chi connectivity index (χ2n) is 10.8. The van der Waals surface area contributed by atoms with Gasteiger partial charge in [0.1, 0.15) is 11.8 Å². The number of rotatable bonds is 14. The molecule has 1 aromatic heterocycles. The number of aromatic hydroxyl groups is 1. The molecule has 0 aliphatic carbocycles. The van der Waals surface area contributed by atoms with E-state index in [1.807, 2.05) is 0 Å². The lowest BCUT2D eigenvalue weighted by Gasteiger charge is -2.34. The number of anilines is 4. The SMILES string of the molecule is CCOC(=O)[C@H]([NH3+])Cc1ccc(O)cc1.Nc1nc2c(c(=O)[nH]1)N(C=O)C(CNc1ccc(C(=O)NC(CCC(=O)O)C(=O)O)cc1)CN2. The number of quaternary nitrogens is 1. The van der Waals surface area contributed by atoms with E-state index in [2.05, 4.69) is 31.7 Å². The predicted octanol–water partition coefficient (Wildman–Crippen LogP) is -0.623. The minimum atomic E-state index is -1.33. The Morgan fingerprint density at radius 1 is 1.14 bits per heavy atom. The molecule has 2 heterocycles. The third-order valence-electron chi connectivity index (χ3n) is 7.16. The van der Waals surface area contributed by atoms with Gasteiger partial charge in [-0.2, -0.15) is 4.98 Å². The quantitative estimate of drug-likeness (QED) is 0.0756. The van der Waals surface area contributed by atoms with Crippen molar-refractivity contribution in [2.24, 2.45) is 0 Å². The van der Waals surface area contributed by atoms with Crippen LogP contribution in [0, 0.1) is 0 Å². The van der Waals surface area contributed by atoms with Gasteiger partial charge in [-0.05, 0) is 55.3 Å². The van der Waals surface area contributed by atoms with E-state index < -0.39 is 48.0 Å². The number of phenolic OH excluding ortho intramolecular Hbond substituents is 1. The van der Waals surface area contributed by atoms with Gasteiger partial charge in [0.2, 0.25) is 12.4 Å². The van der Waals surface area contributed by atoms with Crippen LogP contribution < -0.4 is 37.9 Å². The average Bonchev–Trinajstić information content (AvgIpc) is 3.06. The number of carboxylic acids is 2. The van der Waals surface area contributed by atoms with Gasteiger partial charge in [-0.15, -0.1) is 0 Å². The standard InChI is InChI=1S/C20H23N7O7.C11H15NO3/c21-20-25-16-15(18(32)26-20)27(9-28)12(8-23-16)7-22-11-3-1-10(2-4-11)17(31)24-13(19(33)34)5-6-14(29)30;1-2-15-11(14)10(12)7-8-3-5-9(13)6-4-8/h1-4,9,12-13,22H,5-8H2,(H,24,31)(H,29,30)(H,33,34)(H4,21,23,25,26,32);3-6,10,13H,2,7,12H2,1H3/p+1/t;10-/m.1/s1. The van der Waals surface area contributed by atoms with Crippen molar-refractivity contribution in [2.75, 3.05) is 41.0 Å². The molecule has 0 bridgehead atoms. The van der Waals surface area contributed by atoms with Crippen LogP contribution in [0.2, 0.25) is 0 Å². The van der Waals surface area contributed by atoms with Crippen LogP contribution in [-0.4, -0.2) is 93.3 Å². The van der Waals surface area contributed by atoms with E-state index >= 15 is 0 Å². The number of nitrogens with two attached hydrogens (primary N) is 1. The minimum absolute atomic E-state index is 0.0603. The zero-order valence-electron chi connectivity index (χ0n) is 26.5. The van der Waals surface area contributed by atoms with Crippen LogP contribution in [0.1, 0.15) is 35.7 Å². The Bertz CT molecular complexity index is 1680. The number of fused-ring (bicyclic) bond motifs is 1. The topological polar surface area (TPSA) is 294 Å². The first-order valence-corrected chi connectivity index (χ1v) is 15.1. The molecule has 0 saturated heterocycles. The predicted molar refractivity (Wildman–Crippen MR) is 176 cm³/mol. The number of aromatic amines is 1. The number of nitrogens with zero attached hydrogens (tertiary/aromatic N) is 2. The van der Waals surface area contributed by atoms with Crippen molar-refractivity contribution < 1.29 is 49.8 Å². The third kappa shape index (κ3) is 11.0. The van der Waals surface area contributed by atoms with E-state index in [0.29, 0.717) is 31.7 Å². The van der Waals surface area contributed by atoms with Gasteiger partial charge >= 0.3 is 17.9 Å². The number of benzene rings is 2. The van der Waals surface area contributed by atoms with Crippen molar-refractivity contribution in [3.63, 3.8) is 0 Å². The lowest BCUT2D eigenvalue weighted by atomic mass is 10.1. The molecule has 0 saturated carbocycles. The summed E-state index contributed by atoms with van der Waals surface area (Å²) in [5, 5.41) is 35.3. The van der Waals surface area contributed by atoms with Gasteiger partial charge in [-0.1, -0.05) is 12.1 Å².